The Hall–Kier alpha value is -0.960. The van der Waals surface area contributed by atoms with Gasteiger partial charge in [-0.15, -0.1) is 0 Å². The van der Waals surface area contributed by atoms with Crippen LogP contribution in [0, 0.1) is 11.6 Å². The van der Waals surface area contributed by atoms with Crippen LogP contribution in [-0.4, -0.2) is 12.6 Å². The fraction of sp³-hybridized carbons (Fsp3) is 0.571. The highest BCUT2D eigenvalue weighted by molar-refractivity contribution is 5.26. The molecule has 0 spiro atoms. The van der Waals surface area contributed by atoms with Gasteiger partial charge in [0.15, 0.2) is 0 Å². The third kappa shape index (κ3) is 2.65. The van der Waals surface area contributed by atoms with Gasteiger partial charge in [-0.05, 0) is 37.9 Å². The molecule has 0 aliphatic heterocycles. The summed E-state index contributed by atoms with van der Waals surface area (Å²) in [6.07, 6.45) is 3.97. The monoisotopic (exact) mass is 239 g/mol. The molecule has 0 heterocycles. The molecule has 3 heteroatoms. The Morgan fingerprint density at radius 2 is 1.94 bits per heavy atom. The van der Waals surface area contributed by atoms with Gasteiger partial charge in [0.25, 0.3) is 0 Å². The molecular formula is C14H19F2N. The Kier molecular flexibility index (Phi) is 4.11. The minimum absolute atomic E-state index is 0.0113. The first-order valence-electron chi connectivity index (χ1n) is 6.41. The van der Waals surface area contributed by atoms with Crippen LogP contribution in [0.3, 0.4) is 0 Å². The summed E-state index contributed by atoms with van der Waals surface area (Å²) in [6.45, 7) is 3.01. The molecule has 1 N–H and O–H groups in total. The third-order valence-corrected chi connectivity index (χ3v) is 3.54. The fourth-order valence-electron chi connectivity index (χ4n) is 2.74. The van der Waals surface area contributed by atoms with Crippen LogP contribution < -0.4 is 5.32 Å². The molecule has 2 atom stereocenters. The zero-order valence-corrected chi connectivity index (χ0v) is 10.2. The lowest BCUT2D eigenvalue weighted by atomic mass is 9.93. The Morgan fingerprint density at radius 3 is 2.59 bits per heavy atom. The van der Waals surface area contributed by atoms with E-state index in [1.807, 2.05) is 0 Å². The van der Waals surface area contributed by atoms with Gasteiger partial charge >= 0.3 is 0 Å². The van der Waals surface area contributed by atoms with E-state index < -0.39 is 11.6 Å². The Labute approximate surface area is 101 Å². The SMILES string of the molecule is CCCNC1CCCC1c1c(F)cccc1F. The second-order valence-corrected chi connectivity index (χ2v) is 4.73. The van der Waals surface area contributed by atoms with Crippen molar-refractivity contribution >= 4 is 0 Å². The van der Waals surface area contributed by atoms with Crippen LogP contribution in [0.4, 0.5) is 8.78 Å². The largest absolute Gasteiger partial charge is 0.313 e. The van der Waals surface area contributed by atoms with Gasteiger partial charge in [0.2, 0.25) is 0 Å². The van der Waals surface area contributed by atoms with Gasteiger partial charge in [0, 0.05) is 17.5 Å². The second-order valence-electron chi connectivity index (χ2n) is 4.73. The lowest BCUT2D eigenvalue weighted by Gasteiger charge is -2.22. The van der Waals surface area contributed by atoms with Crippen molar-refractivity contribution in [3.05, 3.63) is 35.4 Å². The van der Waals surface area contributed by atoms with Crippen LogP contribution in [-0.2, 0) is 0 Å². The second kappa shape index (κ2) is 5.58. The topological polar surface area (TPSA) is 12.0 Å². The van der Waals surface area contributed by atoms with Gasteiger partial charge in [-0.3, -0.25) is 0 Å². The highest BCUT2D eigenvalue weighted by atomic mass is 19.1. The van der Waals surface area contributed by atoms with Crippen LogP contribution in [0.25, 0.3) is 0 Å². The highest BCUT2D eigenvalue weighted by Crippen LogP contribution is 2.37. The normalized spacial score (nSPS) is 24.2. The van der Waals surface area contributed by atoms with Crippen molar-refractivity contribution < 1.29 is 8.78 Å². The maximum absolute atomic E-state index is 13.7. The molecule has 0 radical (unpaired) electrons. The predicted octanol–water partition coefficient (Wildman–Crippen LogP) is 3.60. The van der Waals surface area contributed by atoms with Gasteiger partial charge in [-0.2, -0.15) is 0 Å². The summed E-state index contributed by atoms with van der Waals surface area (Å²) in [5.41, 5.74) is 0.276. The molecule has 1 saturated carbocycles. The van der Waals surface area contributed by atoms with Crippen LogP contribution >= 0.6 is 0 Å². The molecule has 0 aromatic heterocycles. The molecule has 94 valence electrons. The van der Waals surface area contributed by atoms with Gasteiger partial charge in [0.05, 0.1) is 0 Å². The molecule has 2 unspecified atom stereocenters. The zero-order valence-electron chi connectivity index (χ0n) is 10.2. The molecule has 2 rings (SSSR count). The van der Waals surface area contributed by atoms with Crippen molar-refractivity contribution in [1.29, 1.82) is 0 Å². The number of rotatable bonds is 4. The van der Waals surface area contributed by atoms with E-state index in [2.05, 4.69) is 12.2 Å². The lowest BCUT2D eigenvalue weighted by Crippen LogP contribution is -2.32. The van der Waals surface area contributed by atoms with E-state index in [9.17, 15) is 8.78 Å². The number of hydrogen-bond acceptors (Lipinski definition) is 1. The number of hydrogen-bond donors (Lipinski definition) is 1. The molecule has 1 aliphatic rings. The van der Waals surface area contributed by atoms with Crippen LogP contribution in [0.5, 0.6) is 0 Å². The van der Waals surface area contributed by atoms with Gasteiger partial charge < -0.3 is 5.32 Å². The fourth-order valence-corrected chi connectivity index (χ4v) is 2.74. The molecule has 17 heavy (non-hydrogen) atoms. The maximum Gasteiger partial charge on any atom is 0.129 e. The summed E-state index contributed by atoms with van der Waals surface area (Å²) in [7, 11) is 0. The molecular weight excluding hydrogens is 220 g/mol. The molecule has 0 amide bonds. The summed E-state index contributed by atoms with van der Waals surface area (Å²) < 4.78 is 27.5. The maximum atomic E-state index is 13.7. The lowest BCUT2D eigenvalue weighted by molar-refractivity contribution is 0.445. The van der Waals surface area contributed by atoms with Crippen molar-refractivity contribution in [1.82, 2.24) is 5.32 Å². The Morgan fingerprint density at radius 1 is 1.24 bits per heavy atom. The van der Waals surface area contributed by atoms with E-state index in [4.69, 9.17) is 0 Å². The van der Waals surface area contributed by atoms with Crippen molar-refractivity contribution in [2.24, 2.45) is 0 Å². The molecule has 1 nitrogen and oxygen atoms in total. The number of nitrogens with one attached hydrogen (secondary N) is 1. The van der Waals surface area contributed by atoms with Gasteiger partial charge in [-0.25, -0.2) is 8.78 Å². The zero-order chi connectivity index (χ0) is 12.3. The highest BCUT2D eigenvalue weighted by Gasteiger charge is 2.31. The molecule has 1 aromatic carbocycles. The van der Waals surface area contributed by atoms with Crippen molar-refractivity contribution in [2.45, 2.75) is 44.6 Å². The third-order valence-electron chi connectivity index (χ3n) is 3.54. The predicted molar refractivity (Wildman–Crippen MR) is 65.0 cm³/mol. The smallest absolute Gasteiger partial charge is 0.129 e. The van der Waals surface area contributed by atoms with E-state index in [0.717, 1.165) is 32.2 Å². The molecule has 0 bridgehead atoms. The van der Waals surface area contributed by atoms with Crippen LogP contribution in [0.1, 0.15) is 44.1 Å². The average molecular weight is 239 g/mol. The Bertz CT molecular complexity index is 358. The Balaban J connectivity index is 2.20. The average Bonchev–Trinajstić information content (AvgIpc) is 2.74. The first kappa shape index (κ1) is 12.5. The molecule has 1 fully saturated rings. The van der Waals surface area contributed by atoms with E-state index >= 15 is 0 Å². The molecule has 0 saturated heterocycles. The first-order chi connectivity index (χ1) is 8.24. The van der Waals surface area contributed by atoms with Crippen molar-refractivity contribution in [3.63, 3.8) is 0 Å². The molecule has 1 aliphatic carbocycles. The van der Waals surface area contributed by atoms with E-state index in [0.29, 0.717) is 0 Å². The standard InChI is InChI=1S/C14H19F2N/c1-2-9-17-13-8-3-5-10(13)14-11(15)6-4-7-12(14)16/h4,6-7,10,13,17H,2-3,5,8-9H2,1H3. The summed E-state index contributed by atoms with van der Waals surface area (Å²) in [5, 5.41) is 3.40. The van der Waals surface area contributed by atoms with Crippen molar-refractivity contribution in [3.8, 4) is 0 Å². The van der Waals surface area contributed by atoms with E-state index in [-0.39, 0.29) is 17.5 Å². The minimum Gasteiger partial charge on any atom is -0.313 e. The molecule has 1 aromatic rings. The summed E-state index contributed by atoms with van der Waals surface area (Å²) in [5.74, 6) is -0.817. The summed E-state index contributed by atoms with van der Waals surface area (Å²) in [4.78, 5) is 0. The number of benzene rings is 1. The summed E-state index contributed by atoms with van der Waals surface area (Å²) in [6, 6.07) is 4.36. The number of halogens is 2. The van der Waals surface area contributed by atoms with Crippen LogP contribution in [0.2, 0.25) is 0 Å². The van der Waals surface area contributed by atoms with E-state index in [1.165, 1.54) is 18.2 Å². The minimum atomic E-state index is -0.403. The van der Waals surface area contributed by atoms with Crippen LogP contribution in [0.15, 0.2) is 18.2 Å². The first-order valence-corrected chi connectivity index (χ1v) is 6.41. The quantitative estimate of drug-likeness (QED) is 0.846. The summed E-state index contributed by atoms with van der Waals surface area (Å²) >= 11 is 0. The van der Waals surface area contributed by atoms with Crippen molar-refractivity contribution in [2.75, 3.05) is 6.54 Å². The van der Waals surface area contributed by atoms with Gasteiger partial charge in [0.1, 0.15) is 11.6 Å². The van der Waals surface area contributed by atoms with E-state index in [1.54, 1.807) is 0 Å². The van der Waals surface area contributed by atoms with Gasteiger partial charge in [-0.1, -0.05) is 19.4 Å².